The molecule has 1 heterocycles. The molecule has 4 rings (SSSR count). The number of nitrogens with one attached hydrogen (secondary N) is 1. The molecule has 4 aromatic rings. The first kappa shape index (κ1) is 24.2. The van der Waals surface area contributed by atoms with Crippen LogP contribution in [0.15, 0.2) is 95.8 Å². The minimum absolute atomic E-state index is 0.110. The second kappa shape index (κ2) is 12.0. The average Bonchev–Trinajstić information content (AvgIpc) is 2.89. The molecule has 0 spiro atoms. The van der Waals surface area contributed by atoms with E-state index in [1.54, 1.807) is 0 Å². The van der Waals surface area contributed by atoms with Crippen LogP contribution in [-0.4, -0.2) is 22.1 Å². The van der Waals surface area contributed by atoms with Gasteiger partial charge in [0.15, 0.2) is 11.0 Å². The molecule has 0 amide bonds. The molecule has 0 atom stereocenters. The van der Waals surface area contributed by atoms with E-state index in [9.17, 15) is 9.59 Å². The topological polar surface area (TPSA) is 73.2 Å². The van der Waals surface area contributed by atoms with Crippen molar-refractivity contribution in [3.05, 3.63) is 129 Å². The predicted octanol–water partition coefficient (Wildman–Crippen LogP) is 4.89. The molecule has 7 heteroatoms. The minimum atomic E-state index is -0.525. The third kappa shape index (κ3) is 6.80. The lowest BCUT2D eigenvalue weighted by atomic mass is 10.1. The Morgan fingerprint density at radius 1 is 0.857 bits per heavy atom. The molecule has 0 unspecified atom stereocenters. The number of ether oxygens (including phenoxy) is 1. The number of esters is 1. The molecule has 0 fully saturated rings. The van der Waals surface area contributed by atoms with Crippen LogP contribution in [-0.2, 0) is 35.5 Å². The van der Waals surface area contributed by atoms with E-state index in [0.717, 1.165) is 16.7 Å². The molecule has 1 N–H and O–H groups in total. The van der Waals surface area contributed by atoms with E-state index in [4.69, 9.17) is 16.3 Å². The van der Waals surface area contributed by atoms with Crippen LogP contribution in [0.3, 0.4) is 0 Å². The Morgan fingerprint density at radius 2 is 1.43 bits per heavy atom. The zero-order chi connectivity index (χ0) is 24.5. The number of halogens is 1. The van der Waals surface area contributed by atoms with Gasteiger partial charge in [-0.15, -0.1) is 0 Å². The quantitative estimate of drug-likeness (QED) is 0.322. The fourth-order valence-electron chi connectivity index (χ4n) is 3.69. The van der Waals surface area contributed by atoms with Crippen LogP contribution in [0.5, 0.6) is 0 Å². The first-order valence-electron chi connectivity index (χ1n) is 11.4. The van der Waals surface area contributed by atoms with Gasteiger partial charge in [-0.05, 0) is 23.1 Å². The number of nitrogens with zero attached hydrogens (tertiary/aromatic N) is 2. The van der Waals surface area contributed by atoms with Gasteiger partial charge in [-0.1, -0.05) is 103 Å². The number of benzene rings is 3. The van der Waals surface area contributed by atoms with E-state index in [1.807, 2.05) is 91.0 Å². The second-order valence-corrected chi connectivity index (χ2v) is 8.42. The SMILES string of the molecule is O=C(Cn1c(Cc2ccccc2)c(Cl)nc(NCCc2ccccc2)c1=O)OCc1ccccc1. The van der Waals surface area contributed by atoms with E-state index in [-0.39, 0.29) is 24.1 Å². The number of rotatable bonds is 10. The van der Waals surface area contributed by atoms with Crippen molar-refractivity contribution in [1.29, 1.82) is 0 Å². The normalized spacial score (nSPS) is 10.7. The van der Waals surface area contributed by atoms with Crippen molar-refractivity contribution >= 4 is 23.4 Å². The van der Waals surface area contributed by atoms with Crippen LogP contribution in [0, 0.1) is 0 Å². The smallest absolute Gasteiger partial charge is 0.326 e. The maximum atomic E-state index is 13.4. The van der Waals surface area contributed by atoms with Crippen molar-refractivity contribution in [1.82, 2.24) is 9.55 Å². The molecule has 0 saturated heterocycles. The second-order valence-electron chi connectivity index (χ2n) is 8.06. The summed E-state index contributed by atoms with van der Waals surface area (Å²) in [4.78, 5) is 30.4. The first-order chi connectivity index (χ1) is 17.1. The van der Waals surface area contributed by atoms with Gasteiger partial charge in [-0.25, -0.2) is 4.98 Å². The largest absolute Gasteiger partial charge is 0.459 e. The van der Waals surface area contributed by atoms with Gasteiger partial charge in [0.25, 0.3) is 5.56 Å². The van der Waals surface area contributed by atoms with Crippen LogP contribution in [0.25, 0.3) is 0 Å². The van der Waals surface area contributed by atoms with E-state index >= 15 is 0 Å². The van der Waals surface area contributed by atoms with Gasteiger partial charge in [0, 0.05) is 13.0 Å². The molecule has 0 aliphatic heterocycles. The van der Waals surface area contributed by atoms with Crippen molar-refractivity contribution in [3.8, 4) is 0 Å². The van der Waals surface area contributed by atoms with Crippen LogP contribution in [0.4, 0.5) is 5.82 Å². The van der Waals surface area contributed by atoms with Crippen molar-refractivity contribution in [3.63, 3.8) is 0 Å². The Morgan fingerprint density at radius 3 is 2.06 bits per heavy atom. The van der Waals surface area contributed by atoms with Gasteiger partial charge in [-0.3, -0.25) is 14.2 Å². The maximum Gasteiger partial charge on any atom is 0.326 e. The monoisotopic (exact) mass is 487 g/mol. The lowest BCUT2D eigenvalue weighted by Crippen LogP contribution is -2.32. The van der Waals surface area contributed by atoms with Gasteiger partial charge < -0.3 is 10.1 Å². The van der Waals surface area contributed by atoms with Gasteiger partial charge in [0.05, 0.1) is 5.69 Å². The van der Waals surface area contributed by atoms with Crippen molar-refractivity contribution in [2.24, 2.45) is 0 Å². The molecule has 1 aromatic heterocycles. The Bertz CT molecular complexity index is 1310. The third-order valence-electron chi connectivity index (χ3n) is 5.51. The van der Waals surface area contributed by atoms with E-state index in [1.165, 1.54) is 4.57 Å². The lowest BCUT2D eigenvalue weighted by molar-refractivity contribution is -0.145. The van der Waals surface area contributed by atoms with E-state index in [2.05, 4.69) is 10.3 Å². The third-order valence-corrected chi connectivity index (χ3v) is 5.82. The Balaban J connectivity index is 1.55. The number of anilines is 1. The summed E-state index contributed by atoms with van der Waals surface area (Å²) < 4.78 is 6.79. The lowest BCUT2D eigenvalue weighted by Gasteiger charge is -2.16. The number of carbonyl (C=O) groups is 1. The number of hydrogen-bond acceptors (Lipinski definition) is 5. The number of aromatic nitrogens is 2. The van der Waals surface area contributed by atoms with Gasteiger partial charge in [0.1, 0.15) is 13.2 Å². The number of carbonyl (C=O) groups excluding carboxylic acids is 1. The van der Waals surface area contributed by atoms with Crippen LogP contribution in [0.1, 0.15) is 22.4 Å². The molecule has 0 saturated carbocycles. The Labute approximate surface area is 209 Å². The van der Waals surface area contributed by atoms with Gasteiger partial charge >= 0.3 is 5.97 Å². The molecular formula is C28H26ClN3O3. The van der Waals surface area contributed by atoms with Crippen LogP contribution in [0.2, 0.25) is 5.15 Å². The Hall–Kier alpha value is -3.90. The summed E-state index contributed by atoms with van der Waals surface area (Å²) >= 11 is 6.55. The minimum Gasteiger partial charge on any atom is -0.459 e. The predicted molar refractivity (Wildman–Crippen MR) is 138 cm³/mol. The fraction of sp³-hybridized carbons (Fsp3) is 0.179. The van der Waals surface area contributed by atoms with E-state index < -0.39 is 11.5 Å². The zero-order valence-electron chi connectivity index (χ0n) is 19.2. The molecule has 0 bridgehead atoms. The zero-order valence-corrected chi connectivity index (χ0v) is 19.9. The van der Waals surface area contributed by atoms with E-state index in [0.29, 0.717) is 25.1 Å². The standard InChI is InChI=1S/C28H26ClN3O3/c29-26-24(18-22-12-6-2-7-13-22)32(19-25(33)35-20-23-14-8-3-9-15-23)28(34)27(31-26)30-17-16-21-10-4-1-5-11-21/h1-15H,16-20H2,(H,30,31). The molecule has 0 aliphatic rings. The summed E-state index contributed by atoms with van der Waals surface area (Å²) in [5, 5.41) is 3.26. The average molecular weight is 488 g/mol. The summed E-state index contributed by atoms with van der Waals surface area (Å²) in [6.45, 7) is 0.367. The molecular weight excluding hydrogens is 462 g/mol. The summed E-state index contributed by atoms with van der Waals surface area (Å²) in [7, 11) is 0. The summed E-state index contributed by atoms with van der Waals surface area (Å²) in [6.07, 6.45) is 1.07. The number of hydrogen-bond donors (Lipinski definition) is 1. The highest BCUT2D eigenvalue weighted by Gasteiger charge is 2.19. The summed E-state index contributed by atoms with van der Waals surface area (Å²) in [5.41, 5.74) is 3.01. The van der Waals surface area contributed by atoms with Crippen LogP contribution < -0.4 is 10.9 Å². The highest BCUT2D eigenvalue weighted by atomic mass is 35.5. The first-order valence-corrected chi connectivity index (χ1v) is 11.8. The highest BCUT2D eigenvalue weighted by Crippen LogP contribution is 2.18. The maximum absolute atomic E-state index is 13.4. The highest BCUT2D eigenvalue weighted by molar-refractivity contribution is 6.30. The molecule has 6 nitrogen and oxygen atoms in total. The Kier molecular flexibility index (Phi) is 8.30. The molecule has 0 aliphatic carbocycles. The molecule has 178 valence electrons. The molecule has 35 heavy (non-hydrogen) atoms. The van der Waals surface area contributed by atoms with Crippen LogP contribution >= 0.6 is 11.6 Å². The van der Waals surface area contributed by atoms with Crippen molar-refractivity contribution in [2.75, 3.05) is 11.9 Å². The van der Waals surface area contributed by atoms with Crippen molar-refractivity contribution in [2.45, 2.75) is 26.0 Å². The van der Waals surface area contributed by atoms with Gasteiger partial charge in [0.2, 0.25) is 0 Å². The van der Waals surface area contributed by atoms with Gasteiger partial charge in [-0.2, -0.15) is 0 Å². The summed E-state index contributed by atoms with van der Waals surface area (Å²) in [6, 6.07) is 28.9. The fourth-order valence-corrected chi connectivity index (χ4v) is 3.95. The molecule has 0 radical (unpaired) electrons. The van der Waals surface area contributed by atoms with Crippen molar-refractivity contribution < 1.29 is 9.53 Å². The molecule has 3 aromatic carbocycles. The summed E-state index contributed by atoms with van der Waals surface area (Å²) in [5.74, 6) is -0.415.